The fourth-order valence-electron chi connectivity index (χ4n) is 0. The summed E-state index contributed by atoms with van der Waals surface area (Å²) in [6.45, 7) is 9.57. The fourth-order valence-corrected chi connectivity index (χ4v) is 0. The van der Waals surface area contributed by atoms with Crippen molar-refractivity contribution in [3.63, 3.8) is 0 Å². The van der Waals surface area contributed by atoms with Crippen molar-refractivity contribution in [2.24, 2.45) is 0 Å². The molecule has 0 aliphatic rings. The molecule has 0 radical (unpaired) electrons. The molecule has 0 atom stereocenters. The van der Waals surface area contributed by atoms with Crippen LogP contribution in [0, 0.1) is 0 Å². The Kier molecular flexibility index (Phi) is 22.9. The van der Waals surface area contributed by atoms with Crippen LogP contribution in [-0.4, -0.2) is 28.6 Å². The van der Waals surface area contributed by atoms with Gasteiger partial charge in [0.15, 0.2) is 5.78 Å². The number of carbonyl (C=O) groups is 2. The highest BCUT2D eigenvalue weighted by molar-refractivity contribution is 5.86. The van der Waals surface area contributed by atoms with Crippen LogP contribution in [0.5, 0.6) is 0 Å². The highest BCUT2D eigenvalue weighted by atomic mass is 16.4. The number of aliphatic carboxylic acids is 1. The molecular weight excluding hydrogens is 172 g/mol. The summed E-state index contributed by atoms with van der Waals surface area (Å²) >= 11 is 0. The normalized spacial score (nSPS) is 6.38. The first-order chi connectivity index (χ1) is 5.95. The van der Waals surface area contributed by atoms with Crippen molar-refractivity contribution < 1.29 is 19.8 Å². The number of carboxylic acid groups (broad SMARTS) is 1. The lowest BCUT2D eigenvalue weighted by molar-refractivity contribution is -0.131. The number of carbonyl (C=O) groups excluding carboxylic acids is 1. The zero-order valence-electron chi connectivity index (χ0n) is 7.99. The third-order valence-corrected chi connectivity index (χ3v) is 0.462. The van der Waals surface area contributed by atoms with E-state index in [0.29, 0.717) is 0 Å². The lowest BCUT2D eigenvalue weighted by Gasteiger charge is -1.64. The van der Waals surface area contributed by atoms with Crippen molar-refractivity contribution in [1.29, 1.82) is 0 Å². The number of hydrogen-bond donors (Lipinski definition) is 2. The molecule has 0 amide bonds. The van der Waals surface area contributed by atoms with Crippen LogP contribution in [0.25, 0.3) is 0 Å². The average molecular weight is 188 g/mol. The molecule has 0 aliphatic heterocycles. The molecule has 2 N–H and O–H groups in total. The summed E-state index contributed by atoms with van der Waals surface area (Å²) in [5.74, 6) is -0.963. The Morgan fingerprint density at radius 2 is 1.46 bits per heavy atom. The first kappa shape index (κ1) is 17.6. The first-order valence-electron chi connectivity index (χ1n) is 3.55. The van der Waals surface area contributed by atoms with E-state index in [1.807, 2.05) is 0 Å². The molecule has 0 aromatic rings. The molecule has 0 spiro atoms. The summed E-state index contributed by atoms with van der Waals surface area (Å²) in [6, 6.07) is 0. The second kappa shape index (κ2) is 16.9. The number of carboxylic acids is 1. The van der Waals surface area contributed by atoms with E-state index in [9.17, 15) is 9.59 Å². The minimum Gasteiger partial charge on any atom is -0.478 e. The quantitative estimate of drug-likeness (QED) is 0.634. The van der Waals surface area contributed by atoms with Gasteiger partial charge in [0.2, 0.25) is 0 Å². The summed E-state index contributed by atoms with van der Waals surface area (Å²) in [5.41, 5.74) is 0. The van der Waals surface area contributed by atoms with Crippen LogP contribution in [0.1, 0.15) is 13.8 Å². The molecule has 0 unspecified atom stereocenters. The van der Waals surface area contributed by atoms with Gasteiger partial charge in [-0.05, 0) is 19.9 Å². The van der Waals surface area contributed by atoms with Gasteiger partial charge in [-0.3, -0.25) is 4.79 Å². The lowest BCUT2D eigenvalue weighted by atomic mass is 10.5. The van der Waals surface area contributed by atoms with Gasteiger partial charge >= 0.3 is 5.97 Å². The molecule has 0 rings (SSSR count). The fraction of sp³-hybridized carbons (Fsp3) is 0.333. The Bertz CT molecular complexity index is 143. The molecule has 4 heteroatoms. The van der Waals surface area contributed by atoms with Crippen molar-refractivity contribution in [1.82, 2.24) is 0 Å². The maximum absolute atomic E-state index is 9.69. The molecule has 76 valence electrons. The van der Waals surface area contributed by atoms with E-state index >= 15 is 0 Å². The van der Waals surface area contributed by atoms with Gasteiger partial charge in [0, 0.05) is 12.7 Å². The van der Waals surface area contributed by atoms with Gasteiger partial charge in [-0.15, -0.1) is 0 Å². The molecule has 0 aliphatic carbocycles. The maximum Gasteiger partial charge on any atom is 0.327 e. The molecule has 13 heavy (non-hydrogen) atoms. The van der Waals surface area contributed by atoms with Crippen molar-refractivity contribution >= 4 is 11.8 Å². The predicted octanol–water partition coefficient (Wildman–Crippen LogP) is 1.02. The summed E-state index contributed by atoms with van der Waals surface area (Å²) in [7, 11) is 0. The summed E-state index contributed by atoms with van der Waals surface area (Å²) in [5, 5.41) is 15.2. The Hall–Kier alpha value is -1.42. The first-order valence-corrected chi connectivity index (χ1v) is 3.55. The molecule has 0 bridgehead atoms. The molecule has 0 heterocycles. The second-order valence-electron chi connectivity index (χ2n) is 1.67. The smallest absolute Gasteiger partial charge is 0.327 e. The molecule has 0 saturated carbocycles. The number of rotatable bonds is 2. The van der Waals surface area contributed by atoms with E-state index in [-0.39, 0.29) is 12.4 Å². The third-order valence-electron chi connectivity index (χ3n) is 0.462. The SMILES string of the molecule is C=CC(=O)O.C=CC(C)=O.CCO. The van der Waals surface area contributed by atoms with Crippen LogP contribution in [0.4, 0.5) is 0 Å². The standard InChI is InChI=1S/C4H6O.C3H4O2.C2H6O/c1-3-4(2)5;1-2-3(4)5;1-2-3/h3H,1H2,2H3;2H,1H2,(H,4,5);3H,2H2,1H3. The summed E-state index contributed by atoms with van der Waals surface area (Å²) in [6.07, 6.45) is 2.11. The minimum atomic E-state index is -0.981. The van der Waals surface area contributed by atoms with Gasteiger partial charge in [0.1, 0.15) is 0 Å². The Balaban J connectivity index is -0.000000120. The number of aliphatic hydroxyl groups is 1. The Labute approximate surface area is 78.2 Å². The predicted molar refractivity (Wildman–Crippen MR) is 51.5 cm³/mol. The lowest BCUT2D eigenvalue weighted by Crippen LogP contribution is -1.82. The monoisotopic (exact) mass is 188 g/mol. The van der Waals surface area contributed by atoms with Gasteiger partial charge < -0.3 is 10.2 Å². The van der Waals surface area contributed by atoms with Crippen molar-refractivity contribution in [2.75, 3.05) is 6.61 Å². The van der Waals surface area contributed by atoms with E-state index < -0.39 is 5.97 Å². The highest BCUT2D eigenvalue weighted by Gasteiger charge is 1.73. The number of allylic oxidation sites excluding steroid dienone is 1. The van der Waals surface area contributed by atoms with Crippen LogP contribution in [0.15, 0.2) is 25.3 Å². The second-order valence-corrected chi connectivity index (χ2v) is 1.67. The van der Waals surface area contributed by atoms with E-state index in [1.54, 1.807) is 6.92 Å². The van der Waals surface area contributed by atoms with E-state index in [4.69, 9.17) is 10.2 Å². The molecule has 0 aromatic carbocycles. The minimum absolute atomic E-state index is 0.0185. The topological polar surface area (TPSA) is 74.6 Å². The molecule has 4 nitrogen and oxygen atoms in total. The largest absolute Gasteiger partial charge is 0.478 e. The summed E-state index contributed by atoms with van der Waals surface area (Å²) < 4.78 is 0. The number of ketones is 1. The van der Waals surface area contributed by atoms with Crippen molar-refractivity contribution in [3.05, 3.63) is 25.3 Å². The molecule has 0 aromatic heterocycles. The number of hydrogen-bond acceptors (Lipinski definition) is 3. The number of aliphatic hydroxyl groups excluding tert-OH is 1. The summed E-state index contributed by atoms with van der Waals surface area (Å²) in [4.78, 5) is 18.9. The van der Waals surface area contributed by atoms with Crippen LogP contribution in [0.3, 0.4) is 0 Å². The Morgan fingerprint density at radius 1 is 1.31 bits per heavy atom. The van der Waals surface area contributed by atoms with E-state index in [2.05, 4.69) is 13.2 Å². The maximum atomic E-state index is 9.69. The molecule has 0 saturated heterocycles. The molecule has 0 fully saturated rings. The zero-order chi connectivity index (χ0) is 11.3. The Morgan fingerprint density at radius 3 is 1.46 bits per heavy atom. The highest BCUT2D eigenvalue weighted by Crippen LogP contribution is 1.60. The van der Waals surface area contributed by atoms with Gasteiger partial charge in [0.25, 0.3) is 0 Å². The zero-order valence-corrected chi connectivity index (χ0v) is 7.99. The third kappa shape index (κ3) is 117. The average Bonchev–Trinajstić information content (AvgIpc) is 2.07. The van der Waals surface area contributed by atoms with Gasteiger partial charge in [0.05, 0.1) is 0 Å². The van der Waals surface area contributed by atoms with Gasteiger partial charge in [-0.2, -0.15) is 0 Å². The van der Waals surface area contributed by atoms with Crippen LogP contribution >= 0.6 is 0 Å². The van der Waals surface area contributed by atoms with Crippen LogP contribution in [-0.2, 0) is 9.59 Å². The van der Waals surface area contributed by atoms with Crippen LogP contribution in [0.2, 0.25) is 0 Å². The van der Waals surface area contributed by atoms with E-state index in [0.717, 1.165) is 6.08 Å². The van der Waals surface area contributed by atoms with Crippen molar-refractivity contribution in [2.45, 2.75) is 13.8 Å². The van der Waals surface area contributed by atoms with Crippen molar-refractivity contribution in [3.8, 4) is 0 Å². The van der Waals surface area contributed by atoms with E-state index in [1.165, 1.54) is 13.0 Å². The van der Waals surface area contributed by atoms with Gasteiger partial charge in [-0.25, -0.2) is 4.79 Å². The van der Waals surface area contributed by atoms with Crippen LogP contribution < -0.4 is 0 Å². The molecular formula is C9H16O4. The van der Waals surface area contributed by atoms with Gasteiger partial charge in [-0.1, -0.05) is 13.2 Å².